The van der Waals surface area contributed by atoms with Crippen LogP contribution in [0.25, 0.3) is 11.3 Å². The molecule has 0 aliphatic carbocycles. The molecule has 0 atom stereocenters. The van der Waals surface area contributed by atoms with Gasteiger partial charge >= 0.3 is 0 Å². The number of hydrogen-bond donors (Lipinski definition) is 2. The zero-order chi connectivity index (χ0) is 15.4. The Morgan fingerprint density at radius 3 is 2.68 bits per heavy atom. The Balaban J connectivity index is 1.70. The number of halogens is 1. The van der Waals surface area contributed by atoms with Crippen LogP contribution in [0.3, 0.4) is 0 Å². The van der Waals surface area contributed by atoms with E-state index in [0.717, 1.165) is 11.3 Å². The standard InChI is InChI=1S/C16H12ClN3OS/c17-13-7-5-11(6-8-13)14-10-22-16(19-14)20-18-9-12-3-1-2-4-15(12)21/h1-10,21H,(H,19,20)/b18-9+. The number of aromatic nitrogens is 1. The summed E-state index contributed by atoms with van der Waals surface area (Å²) in [7, 11) is 0. The van der Waals surface area contributed by atoms with Gasteiger partial charge in [0.25, 0.3) is 0 Å². The Bertz CT molecular complexity index is 799. The van der Waals surface area contributed by atoms with Crippen molar-refractivity contribution in [1.29, 1.82) is 0 Å². The van der Waals surface area contributed by atoms with Crippen LogP contribution in [-0.4, -0.2) is 16.3 Å². The highest BCUT2D eigenvalue weighted by atomic mass is 35.5. The molecule has 22 heavy (non-hydrogen) atoms. The zero-order valence-electron chi connectivity index (χ0n) is 11.4. The fraction of sp³-hybridized carbons (Fsp3) is 0. The average molecular weight is 330 g/mol. The quantitative estimate of drug-likeness (QED) is 0.542. The van der Waals surface area contributed by atoms with Crippen LogP contribution in [0.2, 0.25) is 5.02 Å². The maximum atomic E-state index is 9.64. The lowest BCUT2D eigenvalue weighted by Crippen LogP contribution is -1.90. The number of phenols is 1. The molecule has 0 saturated heterocycles. The molecule has 3 aromatic rings. The Morgan fingerprint density at radius 2 is 1.91 bits per heavy atom. The molecule has 0 unspecified atom stereocenters. The van der Waals surface area contributed by atoms with Gasteiger partial charge in [-0.15, -0.1) is 11.3 Å². The average Bonchev–Trinajstić information content (AvgIpc) is 2.99. The van der Waals surface area contributed by atoms with Gasteiger partial charge in [0.15, 0.2) is 0 Å². The van der Waals surface area contributed by atoms with Crippen LogP contribution in [-0.2, 0) is 0 Å². The third-order valence-corrected chi connectivity index (χ3v) is 3.94. The Kier molecular flexibility index (Phi) is 4.37. The van der Waals surface area contributed by atoms with Crippen molar-refractivity contribution in [3.8, 4) is 17.0 Å². The first-order chi connectivity index (χ1) is 10.7. The number of anilines is 1. The van der Waals surface area contributed by atoms with Gasteiger partial charge in [0.05, 0.1) is 11.9 Å². The van der Waals surface area contributed by atoms with Crippen molar-refractivity contribution in [2.24, 2.45) is 5.10 Å². The van der Waals surface area contributed by atoms with E-state index in [1.165, 1.54) is 11.3 Å². The second kappa shape index (κ2) is 6.60. The third-order valence-electron chi connectivity index (χ3n) is 2.94. The molecule has 0 radical (unpaired) electrons. The summed E-state index contributed by atoms with van der Waals surface area (Å²) in [6, 6.07) is 14.5. The van der Waals surface area contributed by atoms with E-state index >= 15 is 0 Å². The number of hydrogen-bond acceptors (Lipinski definition) is 5. The summed E-state index contributed by atoms with van der Waals surface area (Å²) in [5.74, 6) is 0.189. The van der Waals surface area contributed by atoms with E-state index in [-0.39, 0.29) is 5.75 Å². The molecule has 1 aromatic heterocycles. The van der Waals surface area contributed by atoms with E-state index < -0.39 is 0 Å². The number of benzene rings is 2. The molecule has 4 nitrogen and oxygen atoms in total. The maximum absolute atomic E-state index is 9.64. The van der Waals surface area contributed by atoms with Crippen molar-refractivity contribution in [2.45, 2.75) is 0 Å². The first-order valence-electron chi connectivity index (χ1n) is 6.51. The van der Waals surface area contributed by atoms with Crippen LogP contribution in [0.15, 0.2) is 59.0 Å². The number of thiazole rings is 1. The molecule has 110 valence electrons. The van der Waals surface area contributed by atoms with Gasteiger partial charge in [-0.2, -0.15) is 5.10 Å². The first kappa shape index (κ1) is 14.6. The highest BCUT2D eigenvalue weighted by Crippen LogP contribution is 2.26. The molecule has 0 saturated carbocycles. The van der Waals surface area contributed by atoms with Crippen LogP contribution < -0.4 is 5.43 Å². The van der Waals surface area contributed by atoms with E-state index in [4.69, 9.17) is 11.6 Å². The number of nitrogens with zero attached hydrogens (tertiary/aromatic N) is 2. The van der Waals surface area contributed by atoms with Gasteiger partial charge in [0.1, 0.15) is 5.75 Å². The lowest BCUT2D eigenvalue weighted by Gasteiger charge is -1.98. The smallest absolute Gasteiger partial charge is 0.203 e. The van der Waals surface area contributed by atoms with Crippen molar-refractivity contribution < 1.29 is 5.11 Å². The lowest BCUT2D eigenvalue weighted by molar-refractivity contribution is 0.474. The number of nitrogens with one attached hydrogen (secondary N) is 1. The Labute approximate surface area is 136 Å². The monoisotopic (exact) mass is 329 g/mol. The van der Waals surface area contributed by atoms with Crippen molar-refractivity contribution in [1.82, 2.24) is 4.98 Å². The van der Waals surface area contributed by atoms with E-state index in [2.05, 4.69) is 15.5 Å². The first-order valence-corrected chi connectivity index (χ1v) is 7.77. The molecule has 0 bridgehead atoms. The predicted molar refractivity (Wildman–Crippen MR) is 91.9 cm³/mol. The minimum atomic E-state index is 0.189. The lowest BCUT2D eigenvalue weighted by atomic mass is 10.2. The molecular formula is C16H12ClN3OS. The van der Waals surface area contributed by atoms with Crippen molar-refractivity contribution in [3.05, 3.63) is 64.5 Å². The highest BCUT2D eigenvalue weighted by Gasteiger charge is 2.03. The van der Waals surface area contributed by atoms with E-state index in [1.54, 1.807) is 24.4 Å². The number of phenolic OH excluding ortho intramolecular Hbond substituents is 1. The van der Waals surface area contributed by atoms with Crippen LogP contribution >= 0.6 is 22.9 Å². The molecule has 3 rings (SSSR count). The summed E-state index contributed by atoms with van der Waals surface area (Å²) < 4.78 is 0. The second-order valence-electron chi connectivity index (χ2n) is 4.47. The molecule has 2 N–H and O–H groups in total. The Hall–Kier alpha value is -2.37. The number of hydrazone groups is 1. The molecule has 0 fully saturated rings. The zero-order valence-corrected chi connectivity index (χ0v) is 13.0. The molecule has 0 aliphatic heterocycles. The molecular weight excluding hydrogens is 318 g/mol. The molecule has 1 heterocycles. The van der Waals surface area contributed by atoms with Crippen LogP contribution in [0, 0.1) is 0 Å². The fourth-order valence-corrected chi connectivity index (χ4v) is 2.63. The Morgan fingerprint density at radius 1 is 1.14 bits per heavy atom. The molecule has 2 aromatic carbocycles. The van der Waals surface area contributed by atoms with Gasteiger partial charge in [0.2, 0.25) is 5.13 Å². The number of aromatic hydroxyl groups is 1. The SMILES string of the molecule is Oc1ccccc1/C=N/Nc1nc(-c2ccc(Cl)cc2)cs1. The predicted octanol–water partition coefficient (Wildman–Crippen LogP) is 4.62. The molecule has 0 amide bonds. The van der Waals surface area contributed by atoms with Crippen molar-refractivity contribution in [3.63, 3.8) is 0 Å². The summed E-state index contributed by atoms with van der Waals surface area (Å²) in [6.45, 7) is 0. The molecule has 0 aliphatic rings. The van der Waals surface area contributed by atoms with Gasteiger partial charge in [-0.1, -0.05) is 35.9 Å². The number of rotatable bonds is 4. The van der Waals surface area contributed by atoms with Crippen molar-refractivity contribution >= 4 is 34.3 Å². The van der Waals surface area contributed by atoms with Crippen LogP contribution in [0.5, 0.6) is 5.75 Å². The van der Waals surface area contributed by atoms with Crippen LogP contribution in [0.1, 0.15) is 5.56 Å². The minimum absolute atomic E-state index is 0.189. The van der Waals surface area contributed by atoms with Gasteiger partial charge in [-0.25, -0.2) is 4.98 Å². The molecule has 0 spiro atoms. The fourth-order valence-electron chi connectivity index (χ4n) is 1.83. The minimum Gasteiger partial charge on any atom is -0.507 e. The largest absolute Gasteiger partial charge is 0.507 e. The van der Waals surface area contributed by atoms with Gasteiger partial charge < -0.3 is 5.11 Å². The summed E-state index contributed by atoms with van der Waals surface area (Å²) in [4.78, 5) is 4.45. The van der Waals surface area contributed by atoms with Gasteiger partial charge in [0, 0.05) is 21.5 Å². The summed E-state index contributed by atoms with van der Waals surface area (Å²) in [5.41, 5.74) is 5.37. The summed E-state index contributed by atoms with van der Waals surface area (Å²) in [5, 5.41) is 17.0. The van der Waals surface area contributed by atoms with Crippen molar-refractivity contribution in [2.75, 3.05) is 5.43 Å². The topological polar surface area (TPSA) is 57.5 Å². The maximum Gasteiger partial charge on any atom is 0.203 e. The van der Waals surface area contributed by atoms with E-state index in [1.807, 2.05) is 35.7 Å². The third kappa shape index (κ3) is 3.44. The summed E-state index contributed by atoms with van der Waals surface area (Å²) in [6.07, 6.45) is 1.55. The molecule has 6 heteroatoms. The second-order valence-corrected chi connectivity index (χ2v) is 5.77. The highest BCUT2D eigenvalue weighted by molar-refractivity contribution is 7.14. The van der Waals surface area contributed by atoms with Crippen LogP contribution in [0.4, 0.5) is 5.13 Å². The normalized spacial score (nSPS) is 11.0. The number of para-hydroxylation sites is 1. The van der Waals surface area contributed by atoms with E-state index in [9.17, 15) is 5.11 Å². The van der Waals surface area contributed by atoms with E-state index in [0.29, 0.717) is 15.7 Å². The van der Waals surface area contributed by atoms with Gasteiger partial charge in [-0.05, 0) is 24.3 Å². The van der Waals surface area contributed by atoms with Gasteiger partial charge in [-0.3, -0.25) is 5.43 Å². The summed E-state index contributed by atoms with van der Waals surface area (Å²) >= 11 is 7.33.